The Morgan fingerprint density at radius 3 is 1.61 bits per heavy atom. The van der Waals surface area contributed by atoms with Gasteiger partial charge in [0.1, 0.15) is 22.3 Å². The minimum absolute atomic E-state index is 0.531. The maximum Gasteiger partial charge on any atom is 0.164 e. The van der Waals surface area contributed by atoms with Gasteiger partial charge >= 0.3 is 0 Å². The van der Waals surface area contributed by atoms with Crippen molar-refractivity contribution in [1.82, 2.24) is 15.0 Å². The molecule has 0 aliphatic heterocycles. The van der Waals surface area contributed by atoms with E-state index < -0.39 is 0 Å². The van der Waals surface area contributed by atoms with Gasteiger partial charge in [-0.15, -0.1) is 0 Å². The average Bonchev–Trinajstić information content (AvgIpc) is 3.91. The number of aromatic nitrogens is 3. The summed E-state index contributed by atoms with van der Waals surface area (Å²) < 4.78 is 13.1. The maximum atomic E-state index is 6.72. The fourth-order valence-corrected chi connectivity index (χ4v) is 8.64. The molecule has 0 spiro atoms. The van der Waals surface area contributed by atoms with Crippen LogP contribution in [0.1, 0.15) is 0 Å². The third kappa shape index (κ3) is 6.00. The molecule has 12 rings (SSSR count). The van der Waals surface area contributed by atoms with E-state index in [1.165, 1.54) is 5.56 Å². The lowest BCUT2D eigenvalue weighted by molar-refractivity contribution is 0.668. The van der Waals surface area contributed by atoms with Crippen LogP contribution in [0.5, 0.6) is 0 Å². The summed E-state index contributed by atoms with van der Waals surface area (Å²) in [6, 6.07) is 71.0. The molecule has 9 aromatic carbocycles. The van der Waals surface area contributed by atoms with Crippen LogP contribution in [-0.4, -0.2) is 15.0 Å². The first-order valence-electron chi connectivity index (χ1n) is 20.3. The Kier molecular flexibility index (Phi) is 8.06. The van der Waals surface area contributed by atoms with E-state index in [2.05, 4.69) is 150 Å². The van der Waals surface area contributed by atoms with Crippen LogP contribution in [0.3, 0.4) is 0 Å². The predicted molar refractivity (Wildman–Crippen MR) is 248 cm³/mol. The molecule has 0 aliphatic carbocycles. The van der Waals surface area contributed by atoms with Crippen molar-refractivity contribution in [3.63, 3.8) is 0 Å². The summed E-state index contributed by atoms with van der Waals surface area (Å²) in [4.78, 5) is 18.3. The highest BCUT2D eigenvalue weighted by molar-refractivity contribution is 6.14. The molecule has 6 nitrogen and oxygen atoms in total. The predicted octanol–water partition coefficient (Wildman–Crippen LogP) is 15.0. The van der Waals surface area contributed by atoms with Gasteiger partial charge in [-0.25, -0.2) is 15.0 Å². The zero-order valence-corrected chi connectivity index (χ0v) is 32.7. The van der Waals surface area contributed by atoms with Crippen molar-refractivity contribution < 1.29 is 8.83 Å². The van der Waals surface area contributed by atoms with Gasteiger partial charge in [0.25, 0.3) is 0 Å². The van der Waals surface area contributed by atoms with E-state index in [1.54, 1.807) is 0 Å². The maximum absolute atomic E-state index is 6.72. The molecule has 12 aromatic rings. The lowest BCUT2D eigenvalue weighted by atomic mass is 10.0. The number of anilines is 3. The smallest absolute Gasteiger partial charge is 0.164 e. The second-order valence-corrected chi connectivity index (χ2v) is 15.2. The number of nitrogens with zero attached hydrogens (tertiary/aromatic N) is 4. The summed E-state index contributed by atoms with van der Waals surface area (Å²) in [7, 11) is 0. The van der Waals surface area contributed by atoms with Crippen molar-refractivity contribution in [3.8, 4) is 45.3 Å². The molecule has 6 heteroatoms. The largest absolute Gasteiger partial charge is 0.456 e. The van der Waals surface area contributed by atoms with Gasteiger partial charge < -0.3 is 13.7 Å². The van der Waals surface area contributed by atoms with Crippen LogP contribution >= 0.6 is 0 Å². The first kappa shape index (κ1) is 34.7. The fraction of sp³-hybridized carbons (Fsp3) is 0. The van der Waals surface area contributed by atoms with Crippen molar-refractivity contribution >= 4 is 71.7 Å². The fourth-order valence-electron chi connectivity index (χ4n) is 8.64. The summed E-state index contributed by atoms with van der Waals surface area (Å²) in [6.07, 6.45) is 0. The van der Waals surface area contributed by atoms with E-state index in [0.29, 0.717) is 17.5 Å². The zero-order chi connectivity index (χ0) is 40.3. The Hall–Kier alpha value is -8.35. The van der Waals surface area contributed by atoms with Crippen LogP contribution in [0, 0.1) is 0 Å². The molecule has 0 saturated carbocycles. The van der Waals surface area contributed by atoms with Gasteiger partial charge in [0.15, 0.2) is 17.5 Å². The van der Waals surface area contributed by atoms with E-state index in [4.69, 9.17) is 23.8 Å². The van der Waals surface area contributed by atoms with Gasteiger partial charge in [0.05, 0.1) is 5.69 Å². The van der Waals surface area contributed by atoms with Crippen LogP contribution in [0.25, 0.3) is 99.9 Å². The minimum Gasteiger partial charge on any atom is -0.456 e. The van der Waals surface area contributed by atoms with Gasteiger partial charge in [-0.05, 0) is 76.5 Å². The molecule has 0 atom stereocenters. The van der Waals surface area contributed by atoms with E-state index in [1.807, 2.05) is 60.7 Å². The van der Waals surface area contributed by atoms with Gasteiger partial charge in [0, 0.05) is 55.7 Å². The Labute approximate surface area is 350 Å². The summed E-state index contributed by atoms with van der Waals surface area (Å²) in [5, 5.41) is 6.13. The number of fused-ring (bicyclic) bond motifs is 7. The van der Waals surface area contributed by atoms with Crippen molar-refractivity contribution in [3.05, 3.63) is 206 Å². The molecule has 0 fully saturated rings. The normalized spacial score (nSPS) is 11.6. The molecule has 0 amide bonds. The minimum atomic E-state index is 0.531. The number of para-hydroxylation sites is 3. The SMILES string of the molecule is c1ccc(-c2ccc(N(c3ccccc3)c3cc(-c4nc(-c5ccc6ccccc6c5)nc(-c5cccc6oc7ccccc7c56)n4)c4c(c3)oc3ccccc34)cc2)cc1. The van der Waals surface area contributed by atoms with Crippen molar-refractivity contribution in [2.75, 3.05) is 4.90 Å². The molecular weight excluding hydrogens is 749 g/mol. The number of hydrogen-bond acceptors (Lipinski definition) is 6. The Balaban J connectivity index is 1.13. The first-order chi connectivity index (χ1) is 30.2. The monoisotopic (exact) mass is 782 g/mol. The highest BCUT2D eigenvalue weighted by Crippen LogP contribution is 2.44. The van der Waals surface area contributed by atoms with Gasteiger partial charge in [-0.3, -0.25) is 0 Å². The number of rotatable bonds is 7. The van der Waals surface area contributed by atoms with Crippen LogP contribution in [0.2, 0.25) is 0 Å². The summed E-state index contributed by atoms with van der Waals surface area (Å²) in [5.74, 6) is 1.65. The van der Waals surface area contributed by atoms with E-state index >= 15 is 0 Å². The van der Waals surface area contributed by atoms with Crippen LogP contribution < -0.4 is 4.90 Å². The Morgan fingerprint density at radius 1 is 0.311 bits per heavy atom. The highest BCUT2D eigenvalue weighted by Gasteiger charge is 2.24. The third-order valence-electron chi connectivity index (χ3n) is 11.5. The summed E-state index contributed by atoms with van der Waals surface area (Å²) in [5.41, 5.74) is 10.9. The molecule has 0 bridgehead atoms. The molecule has 286 valence electrons. The number of benzene rings is 9. The second kappa shape index (κ2) is 14.2. The third-order valence-corrected chi connectivity index (χ3v) is 11.5. The summed E-state index contributed by atoms with van der Waals surface area (Å²) in [6.45, 7) is 0. The van der Waals surface area contributed by atoms with Crippen molar-refractivity contribution in [2.45, 2.75) is 0 Å². The Bertz CT molecular complexity index is 3590. The molecule has 0 saturated heterocycles. The number of hydrogen-bond donors (Lipinski definition) is 0. The van der Waals surface area contributed by atoms with Gasteiger partial charge in [-0.2, -0.15) is 0 Å². The average molecular weight is 783 g/mol. The quantitative estimate of drug-likeness (QED) is 0.160. The van der Waals surface area contributed by atoms with E-state index in [9.17, 15) is 0 Å². The Morgan fingerprint density at radius 2 is 0.852 bits per heavy atom. The number of furan rings is 2. The zero-order valence-electron chi connectivity index (χ0n) is 32.7. The van der Waals surface area contributed by atoms with Crippen LogP contribution in [0.15, 0.2) is 215 Å². The van der Waals surface area contributed by atoms with E-state index in [-0.39, 0.29) is 0 Å². The van der Waals surface area contributed by atoms with Crippen molar-refractivity contribution in [1.29, 1.82) is 0 Å². The molecule has 3 aromatic heterocycles. The van der Waals surface area contributed by atoms with Crippen LogP contribution in [0.4, 0.5) is 17.1 Å². The molecule has 0 N–H and O–H groups in total. The second-order valence-electron chi connectivity index (χ2n) is 15.2. The topological polar surface area (TPSA) is 68.2 Å². The molecular formula is C55H34N4O2. The van der Waals surface area contributed by atoms with Gasteiger partial charge in [-0.1, -0.05) is 146 Å². The lowest BCUT2D eigenvalue weighted by Crippen LogP contribution is -2.10. The molecule has 61 heavy (non-hydrogen) atoms. The van der Waals surface area contributed by atoms with Crippen molar-refractivity contribution in [2.24, 2.45) is 0 Å². The molecule has 0 aliphatic rings. The lowest BCUT2D eigenvalue weighted by Gasteiger charge is -2.26. The van der Waals surface area contributed by atoms with E-state index in [0.717, 1.165) is 94.0 Å². The molecule has 0 unspecified atom stereocenters. The first-order valence-corrected chi connectivity index (χ1v) is 20.3. The highest BCUT2D eigenvalue weighted by atomic mass is 16.3. The van der Waals surface area contributed by atoms with Gasteiger partial charge in [0.2, 0.25) is 0 Å². The molecule has 3 heterocycles. The molecule has 0 radical (unpaired) electrons. The summed E-state index contributed by atoms with van der Waals surface area (Å²) >= 11 is 0. The van der Waals surface area contributed by atoms with Crippen LogP contribution in [-0.2, 0) is 0 Å². The standard InChI is InChI=1S/C55H34N4O2/c1-3-14-35(15-4-1)37-28-30-41(31-29-37)59(40-18-5-2-6-19-40)42-33-46(52-44-21-10-12-24-48(44)61-50(52)34-42)55-57-53(39-27-26-36-16-7-8-17-38(36)32-39)56-54(58-55)45-22-13-25-49-51(45)43-20-9-11-23-47(43)60-49/h1-34H.